The van der Waals surface area contributed by atoms with Crippen LogP contribution in [0.15, 0.2) is 60.2 Å². The molecule has 0 unspecified atom stereocenters. The lowest BCUT2D eigenvalue weighted by Gasteiger charge is -2.21. The minimum absolute atomic E-state index is 0.146. The smallest absolute Gasteiger partial charge is 0.349 e. The van der Waals surface area contributed by atoms with E-state index in [4.69, 9.17) is 4.74 Å². The highest BCUT2D eigenvalue weighted by molar-refractivity contribution is 5.99. The topological polar surface area (TPSA) is 70.4 Å². The molecule has 0 aliphatic rings. The zero-order chi connectivity index (χ0) is 21.4. The first-order valence-corrected chi connectivity index (χ1v) is 9.53. The Morgan fingerprint density at radius 3 is 2.24 bits per heavy atom. The van der Waals surface area contributed by atoms with Gasteiger partial charge in [0.25, 0.3) is 5.91 Å². The van der Waals surface area contributed by atoms with Crippen LogP contribution in [0.3, 0.4) is 0 Å². The number of nitrogens with zero attached hydrogens (tertiary/aromatic N) is 2. The molecule has 0 saturated carbocycles. The molecule has 0 spiro atoms. The first-order valence-electron chi connectivity index (χ1n) is 9.53. The number of nitriles is 1. The molecule has 2 rings (SSSR count). The molecule has 0 radical (unpaired) electrons. The van der Waals surface area contributed by atoms with Crippen molar-refractivity contribution in [2.45, 2.75) is 39.3 Å². The van der Waals surface area contributed by atoms with Crippen molar-refractivity contribution in [2.75, 3.05) is 7.05 Å². The van der Waals surface area contributed by atoms with Gasteiger partial charge in [-0.25, -0.2) is 4.79 Å². The molecule has 2 aromatic carbocycles. The number of hydrogen-bond donors (Lipinski definition) is 0. The average molecular weight is 390 g/mol. The van der Waals surface area contributed by atoms with Gasteiger partial charge in [0.05, 0.1) is 0 Å². The van der Waals surface area contributed by atoms with Crippen molar-refractivity contribution >= 4 is 18.0 Å². The van der Waals surface area contributed by atoms with Gasteiger partial charge in [0.15, 0.2) is 6.10 Å². The minimum Gasteiger partial charge on any atom is -0.448 e. The first-order chi connectivity index (χ1) is 13.8. The number of ether oxygens (including phenoxy) is 1. The Balaban J connectivity index is 2.02. The molecule has 29 heavy (non-hydrogen) atoms. The minimum atomic E-state index is -0.990. The third-order valence-electron chi connectivity index (χ3n) is 4.52. The largest absolute Gasteiger partial charge is 0.448 e. The second kappa shape index (κ2) is 10.2. The van der Waals surface area contributed by atoms with E-state index in [1.807, 2.05) is 60.7 Å². The maximum Gasteiger partial charge on any atom is 0.349 e. The fraction of sp³-hybridized carbons (Fsp3) is 0.292. The Labute approximate surface area is 172 Å². The van der Waals surface area contributed by atoms with Gasteiger partial charge in [0, 0.05) is 13.6 Å². The third-order valence-corrected chi connectivity index (χ3v) is 4.52. The maximum absolute atomic E-state index is 12.5. The number of amides is 1. The number of carbonyl (C=O) groups excluding carboxylic acids is 2. The molecule has 5 nitrogen and oxygen atoms in total. The number of likely N-dealkylation sites (N-methyl/N-ethyl adjacent to an activating group) is 1. The Morgan fingerprint density at radius 1 is 1.07 bits per heavy atom. The number of benzene rings is 2. The standard InChI is InChI=1S/C24H26N2O3/c1-17(2)21-12-10-19(11-13-21)14-22(15-25)24(28)29-18(3)23(27)26(4)16-20-8-6-5-7-9-20/h5-14,17-18H,16H2,1-4H3/b22-14+/t18-/m0/s1. The summed E-state index contributed by atoms with van der Waals surface area (Å²) >= 11 is 0. The molecule has 1 amide bonds. The molecule has 0 fully saturated rings. The van der Waals surface area contributed by atoms with Crippen molar-refractivity contribution in [2.24, 2.45) is 0 Å². The van der Waals surface area contributed by atoms with E-state index in [2.05, 4.69) is 13.8 Å². The van der Waals surface area contributed by atoms with E-state index < -0.39 is 12.1 Å². The van der Waals surface area contributed by atoms with Gasteiger partial charge in [0.1, 0.15) is 11.6 Å². The van der Waals surface area contributed by atoms with Crippen LogP contribution in [0.5, 0.6) is 0 Å². The van der Waals surface area contributed by atoms with Crippen LogP contribution in [0.1, 0.15) is 43.4 Å². The Kier molecular flexibility index (Phi) is 7.73. The summed E-state index contributed by atoms with van der Waals surface area (Å²) < 4.78 is 5.24. The van der Waals surface area contributed by atoms with E-state index in [9.17, 15) is 14.9 Å². The molecular formula is C24H26N2O3. The predicted octanol–water partition coefficient (Wildman–Crippen LogP) is 4.31. The fourth-order valence-electron chi connectivity index (χ4n) is 2.80. The van der Waals surface area contributed by atoms with Crippen LogP contribution < -0.4 is 0 Å². The lowest BCUT2D eigenvalue weighted by atomic mass is 10.0. The maximum atomic E-state index is 12.5. The number of carbonyl (C=O) groups is 2. The Bertz CT molecular complexity index is 909. The van der Waals surface area contributed by atoms with Gasteiger partial charge in [-0.3, -0.25) is 4.79 Å². The molecule has 0 saturated heterocycles. The molecule has 0 N–H and O–H groups in total. The highest BCUT2D eigenvalue weighted by atomic mass is 16.5. The van der Waals surface area contributed by atoms with Gasteiger partial charge in [-0.15, -0.1) is 0 Å². The van der Waals surface area contributed by atoms with Crippen molar-refractivity contribution in [1.29, 1.82) is 5.26 Å². The SMILES string of the molecule is CC(C)c1ccc(/C=C(\C#N)C(=O)O[C@@H](C)C(=O)N(C)Cc2ccccc2)cc1. The van der Waals surface area contributed by atoms with E-state index in [1.54, 1.807) is 7.05 Å². The van der Waals surface area contributed by atoms with Gasteiger partial charge < -0.3 is 9.64 Å². The van der Waals surface area contributed by atoms with Crippen LogP contribution in [-0.2, 0) is 20.9 Å². The van der Waals surface area contributed by atoms with E-state index in [-0.39, 0.29) is 11.5 Å². The average Bonchev–Trinajstić information content (AvgIpc) is 2.72. The second-order valence-electron chi connectivity index (χ2n) is 7.22. The van der Waals surface area contributed by atoms with Crippen LogP contribution >= 0.6 is 0 Å². The van der Waals surface area contributed by atoms with Gasteiger partial charge in [-0.2, -0.15) is 5.26 Å². The van der Waals surface area contributed by atoms with Crippen molar-refractivity contribution in [3.05, 3.63) is 76.9 Å². The summed E-state index contributed by atoms with van der Waals surface area (Å²) in [4.78, 5) is 26.4. The molecular weight excluding hydrogens is 364 g/mol. The normalized spacial score (nSPS) is 12.2. The van der Waals surface area contributed by atoms with Crippen molar-refractivity contribution in [3.63, 3.8) is 0 Å². The summed E-state index contributed by atoms with van der Waals surface area (Å²) in [6.45, 7) is 6.10. The molecule has 0 aliphatic heterocycles. The zero-order valence-electron chi connectivity index (χ0n) is 17.3. The van der Waals surface area contributed by atoms with E-state index in [1.165, 1.54) is 23.5 Å². The molecule has 1 atom stereocenters. The van der Waals surface area contributed by atoms with E-state index >= 15 is 0 Å². The lowest BCUT2D eigenvalue weighted by molar-refractivity contribution is -0.155. The first kappa shape index (κ1) is 21.9. The Hall–Kier alpha value is -3.39. The fourth-order valence-corrected chi connectivity index (χ4v) is 2.80. The molecule has 0 bridgehead atoms. The monoisotopic (exact) mass is 390 g/mol. The molecule has 0 aliphatic carbocycles. The molecule has 0 heterocycles. The summed E-state index contributed by atoms with van der Waals surface area (Å²) in [7, 11) is 1.65. The highest BCUT2D eigenvalue weighted by Gasteiger charge is 2.23. The highest BCUT2D eigenvalue weighted by Crippen LogP contribution is 2.17. The second-order valence-corrected chi connectivity index (χ2v) is 7.22. The zero-order valence-corrected chi connectivity index (χ0v) is 17.3. The van der Waals surface area contributed by atoms with Crippen LogP contribution in [0.2, 0.25) is 0 Å². The summed E-state index contributed by atoms with van der Waals surface area (Å²) in [6, 6.07) is 19.0. The van der Waals surface area contributed by atoms with Gasteiger partial charge in [-0.05, 0) is 35.6 Å². The molecule has 2 aromatic rings. The van der Waals surface area contributed by atoms with Crippen LogP contribution in [0.25, 0.3) is 6.08 Å². The summed E-state index contributed by atoms with van der Waals surface area (Å²) in [5, 5.41) is 9.34. The van der Waals surface area contributed by atoms with E-state index in [0.717, 1.165) is 11.1 Å². The van der Waals surface area contributed by atoms with Crippen LogP contribution in [-0.4, -0.2) is 29.9 Å². The van der Waals surface area contributed by atoms with Gasteiger partial charge in [-0.1, -0.05) is 68.4 Å². The number of rotatable bonds is 7. The van der Waals surface area contributed by atoms with Crippen LogP contribution in [0, 0.1) is 11.3 Å². The van der Waals surface area contributed by atoms with E-state index in [0.29, 0.717) is 12.5 Å². The Morgan fingerprint density at radius 2 is 1.69 bits per heavy atom. The quantitative estimate of drug-likeness (QED) is 0.401. The summed E-state index contributed by atoms with van der Waals surface area (Å²) in [5.74, 6) is -0.747. The summed E-state index contributed by atoms with van der Waals surface area (Å²) in [6.07, 6.45) is 0.480. The van der Waals surface area contributed by atoms with Crippen molar-refractivity contribution in [1.82, 2.24) is 4.90 Å². The van der Waals surface area contributed by atoms with Crippen molar-refractivity contribution in [3.8, 4) is 6.07 Å². The molecule has 0 aromatic heterocycles. The van der Waals surface area contributed by atoms with Crippen LogP contribution in [0.4, 0.5) is 0 Å². The number of hydrogen-bond acceptors (Lipinski definition) is 4. The summed E-state index contributed by atoms with van der Waals surface area (Å²) in [5.41, 5.74) is 2.73. The predicted molar refractivity (Wildman–Crippen MR) is 113 cm³/mol. The third kappa shape index (κ3) is 6.32. The lowest BCUT2D eigenvalue weighted by Crippen LogP contribution is -2.37. The molecule has 5 heteroatoms. The van der Waals surface area contributed by atoms with Gasteiger partial charge in [0.2, 0.25) is 0 Å². The van der Waals surface area contributed by atoms with Crippen molar-refractivity contribution < 1.29 is 14.3 Å². The van der Waals surface area contributed by atoms with Gasteiger partial charge >= 0.3 is 5.97 Å². The number of esters is 1. The molecule has 150 valence electrons.